The molecule has 0 aliphatic heterocycles. The van der Waals surface area contributed by atoms with E-state index in [1.54, 1.807) is 18.2 Å². The molecule has 9 heteroatoms. The average Bonchev–Trinajstić information content (AvgIpc) is 2.88. The first-order valence-electron chi connectivity index (χ1n) is 5.80. The molecule has 0 radical (unpaired) electrons. The summed E-state index contributed by atoms with van der Waals surface area (Å²) in [7, 11) is 1.57. The number of hydrogen-bond acceptors (Lipinski definition) is 5. The Labute approximate surface area is 138 Å². The van der Waals surface area contributed by atoms with Gasteiger partial charge in [0.1, 0.15) is 9.90 Å². The minimum atomic E-state index is -3.68. The number of pyridine rings is 1. The van der Waals surface area contributed by atoms with Crippen LogP contribution < -0.4 is 5.32 Å². The molecule has 21 heavy (non-hydrogen) atoms. The second-order valence-corrected chi connectivity index (χ2v) is 8.81. The van der Waals surface area contributed by atoms with Crippen molar-refractivity contribution in [1.29, 1.82) is 0 Å². The fourth-order valence-electron chi connectivity index (χ4n) is 1.56. The third-order valence-corrected chi connectivity index (χ3v) is 6.39. The van der Waals surface area contributed by atoms with E-state index in [0.29, 0.717) is 23.1 Å². The van der Waals surface area contributed by atoms with Crippen LogP contribution in [-0.4, -0.2) is 25.9 Å². The van der Waals surface area contributed by atoms with Gasteiger partial charge in [0.05, 0.1) is 0 Å². The van der Waals surface area contributed by atoms with Crippen molar-refractivity contribution in [3.63, 3.8) is 0 Å². The molecule has 2 heterocycles. The molecule has 0 bridgehead atoms. The van der Waals surface area contributed by atoms with Gasteiger partial charge >= 0.3 is 0 Å². The van der Waals surface area contributed by atoms with Gasteiger partial charge in [-0.15, -0.1) is 11.3 Å². The SMILES string of the molecule is O=C(NCCc1ccc(S(=O)(=O)Cl)s1)c1ncccc1Br. The molecule has 2 rings (SSSR count). The lowest BCUT2D eigenvalue weighted by atomic mass is 10.3. The van der Waals surface area contributed by atoms with Crippen LogP contribution in [-0.2, 0) is 15.5 Å². The van der Waals surface area contributed by atoms with Gasteiger partial charge in [0.2, 0.25) is 0 Å². The lowest BCUT2D eigenvalue weighted by Gasteiger charge is -2.04. The highest BCUT2D eigenvalue weighted by Crippen LogP contribution is 2.24. The summed E-state index contributed by atoms with van der Waals surface area (Å²) in [5.74, 6) is -0.288. The molecule has 0 spiro atoms. The van der Waals surface area contributed by atoms with Gasteiger partial charge in [-0.25, -0.2) is 13.4 Å². The molecule has 112 valence electrons. The molecule has 0 aliphatic rings. The zero-order valence-electron chi connectivity index (χ0n) is 10.5. The van der Waals surface area contributed by atoms with E-state index in [2.05, 4.69) is 26.2 Å². The molecule has 0 fully saturated rings. The summed E-state index contributed by atoms with van der Waals surface area (Å²) in [6.45, 7) is 0.379. The van der Waals surface area contributed by atoms with Gasteiger partial charge in [-0.2, -0.15) is 0 Å². The second kappa shape index (κ2) is 6.87. The number of rotatable bonds is 5. The minimum absolute atomic E-state index is 0.109. The fourth-order valence-corrected chi connectivity index (χ4v) is 4.12. The van der Waals surface area contributed by atoms with Crippen molar-refractivity contribution >= 4 is 52.9 Å². The Kier molecular flexibility index (Phi) is 5.37. The smallest absolute Gasteiger partial charge is 0.271 e. The van der Waals surface area contributed by atoms with E-state index in [-0.39, 0.29) is 10.1 Å². The molecule has 0 saturated carbocycles. The summed E-state index contributed by atoms with van der Waals surface area (Å²) in [5, 5.41) is 2.73. The Morgan fingerprint density at radius 1 is 1.38 bits per heavy atom. The van der Waals surface area contributed by atoms with Crippen LogP contribution in [0.5, 0.6) is 0 Å². The molecule has 2 aromatic rings. The second-order valence-electron chi connectivity index (χ2n) is 4.00. The average molecular weight is 410 g/mol. The topological polar surface area (TPSA) is 76.1 Å². The summed E-state index contributed by atoms with van der Waals surface area (Å²) in [6, 6.07) is 6.60. The first-order chi connectivity index (χ1) is 9.88. The molecule has 1 amide bonds. The first-order valence-corrected chi connectivity index (χ1v) is 9.72. The van der Waals surface area contributed by atoms with Crippen LogP contribution in [0.15, 0.2) is 39.1 Å². The van der Waals surface area contributed by atoms with E-state index in [9.17, 15) is 13.2 Å². The van der Waals surface area contributed by atoms with Crippen LogP contribution in [0.4, 0.5) is 0 Å². The number of halogens is 2. The number of nitrogens with one attached hydrogen (secondary N) is 1. The van der Waals surface area contributed by atoms with Gasteiger partial charge in [-0.05, 0) is 46.6 Å². The van der Waals surface area contributed by atoms with E-state index < -0.39 is 9.05 Å². The molecule has 5 nitrogen and oxygen atoms in total. The van der Waals surface area contributed by atoms with Gasteiger partial charge in [0.15, 0.2) is 0 Å². The number of thiophene rings is 1. The summed E-state index contributed by atoms with van der Waals surface area (Å²) in [6.07, 6.45) is 2.06. The van der Waals surface area contributed by atoms with Crippen molar-refractivity contribution < 1.29 is 13.2 Å². The monoisotopic (exact) mass is 408 g/mol. The highest BCUT2D eigenvalue weighted by atomic mass is 79.9. The molecule has 0 unspecified atom stereocenters. The quantitative estimate of drug-likeness (QED) is 0.770. The van der Waals surface area contributed by atoms with Gasteiger partial charge in [0.25, 0.3) is 15.0 Å². The fraction of sp³-hybridized carbons (Fsp3) is 0.167. The number of carbonyl (C=O) groups is 1. The van der Waals surface area contributed by atoms with Crippen LogP contribution >= 0.6 is 37.9 Å². The predicted molar refractivity (Wildman–Crippen MR) is 85.3 cm³/mol. The maximum absolute atomic E-state index is 11.9. The third-order valence-electron chi connectivity index (χ3n) is 2.51. The van der Waals surface area contributed by atoms with E-state index in [1.165, 1.54) is 12.3 Å². The Morgan fingerprint density at radius 3 is 2.76 bits per heavy atom. The Morgan fingerprint density at radius 2 is 2.14 bits per heavy atom. The maximum Gasteiger partial charge on any atom is 0.271 e. The Hall–Kier alpha value is -0.960. The summed E-state index contributed by atoms with van der Waals surface area (Å²) in [4.78, 5) is 16.7. The predicted octanol–water partition coefficient (Wildman–Crippen LogP) is 2.81. The molecule has 2 aromatic heterocycles. The number of aromatic nitrogens is 1. The van der Waals surface area contributed by atoms with Gasteiger partial charge in [-0.3, -0.25) is 4.79 Å². The van der Waals surface area contributed by atoms with Crippen molar-refractivity contribution in [2.24, 2.45) is 0 Å². The van der Waals surface area contributed by atoms with Crippen LogP contribution in [0.2, 0.25) is 0 Å². The molecule has 0 aliphatic carbocycles. The van der Waals surface area contributed by atoms with Crippen LogP contribution in [0.25, 0.3) is 0 Å². The highest BCUT2D eigenvalue weighted by molar-refractivity contribution is 9.10. The molecular formula is C12H10BrClN2O3S2. The summed E-state index contributed by atoms with van der Waals surface area (Å²) >= 11 is 4.35. The van der Waals surface area contributed by atoms with Crippen molar-refractivity contribution in [2.75, 3.05) is 6.54 Å². The standard InChI is InChI=1S/C12H10BrClN2O3S2/c13-9-2-1-6-15-11(9)12(17)16-7-5-8-3-4-10(20-8)21(14,18)19/h1-4,6H,5,7H2,(H,16,17). The zero-order valence-corrected chi connectivity index (χ0v) is 14.5. The highest BCUT2D eigenvalue weighted by Gasteiger charge is 2.14. The van der Waals surface area contributed by atoms with Crippen molar-refractivity contribution in [3.8, 4) is 0 Å². The summed E-state index contributed by atoms with van der Waals surface area (Å²) < 4.78 is 23.0. The van der Waals surface area contributed by atoms with E-state index in [0.717, 1.165) is 16.2 Å². The third kappa shape index (κ3) is 4.50. The van der Waals surface area contributed by atoms with Gasteiger partial charge < -0.3 is 5.32 Å². The van der Waals surface area contributed by atoms with E-state index >= 15 is 0 Å². The van der Waals surface area contributed by atoms with E-state index in [1.807, 2.05) is 0 Å². The molecular weight excluding hydrogens is 400 g/mol. The first kappa shape index (κ1) is 16.4. The number of carbonyl (C=O) groups excluding carboxylic acids is 1. The van der Waals surface area contributed by atoms with Crippen molar-refractivity contribution in [3.05, 3.63) is 45.5 Å². The summed E-state index contributed by atoms with van der Waals surface area (Å²) in [5.41, 5.74) is 0.313. The number of hydrogen-bond donors (Lipinski definition) is 1. The van der Waals surface area contributed by atoms with Crippen molar-refractivity contribution in [1.82, 2.24) is 10.3 Å². The largest absolute Gasteiger partial charge is 0.350 e. The molecule has 1 N–H and O–H groups in total. The van der Waals surface area contributed by atoms with Crippen LogP contribution in [0.3, 0.4) is 0 Å². The van der Waals surface area contributed by atoms with Gasteiger partial charge in [-0.1, -0.05) is 0 Å². The Bertz CT molecular complexity index is 761. The Balaban J connectivity index is 1.92. The lowest BCUT2D eigenvalue weighted by molar-refractivity contribution is 0.0948. The van der Waals surface area contributed by atoms with Crippen molar-refractivity contribution in [2.45, 2.75) is 10.6 Å². The molecule has 0 atom stereocenters. The number of amides is 1. The zero-order chi connectivity index (χ0) is 15.5. The van der Waals surface area contributed by atoms with E-state index in [4.69, 9.17) is 10.7 Å². The lowest BCUT2D eigenvalue weighted by Crippen LogP contribution is -2.26. The molecule has 0 saturated heterocycles. The van der Waals surface area contributed by atoms with Gasteiger partial charge in [0, 0.05) is 32.8 Å². The molecule has 0 aromatic carbocycles. The van der Waals surface area contributed by atoms with Crippen LogP contribution in [0.1, 0.15) is 15.4 Å². The minimum Gasteiger partial charge on any atom is -0.350 e. The normalized spacial score (nSPS) is 11.3. The maximum atomic E-state index is 11.9. The van der Waals surface area contributed by atoms with Crippen LogP contribution in [0, 0.1) is 0 Å². The number of nitrogens with zero attached hydrogens (tertiary/aromatic N) is 1.